The van der Waals surface area contributed by atoms with E-state index in [2.05, 4.69) is 0 Å². The van der Waals surface area contributed by atoms with Gasteiger partial charge in [-0.15, -0.1) is 0 Å². The first-order chi connectivity index (χ1) is 12.4. The summed E-state index contributed by atoms with van der Waals surface area (Å²) in [5.41, 5.74) is 0.806. The standard InChI is InChI=1S/C19H25NO5S/c1-15(18-7-5-6-8-19(18)24-4)20(2)26(21,22)17-11-9-16(10-12-17)25-14-13-23-3/h5-12,15H,13-14H2,1-4H3. The van der Waals surface area contributed by atoms with Gasteiger partial charge >= 0.3 is 0 Å². The number of hydrogen-bond acceptors (Lipinski definition) is 5. The van der Waals surface area contributed by atoms with Gasteiger partial charge in [0.15, 0.2) is 0 Å². The minimum Gasteiger partial charge on any atom is -0.496 e. The molecule has 2 rings (SSSR count). The average Bonchev–Trinajstić information content (AvgIpc) is 2.67. The summed E-state index contributed by atoms with van der Waals surface area (Å²) in [6.07, 6.45) is 0. The Hall–Kier alpha value is -2.09. The molecule has 0 aliphatic carbocycles. The van der Waals surface area contributed by atoms with E-state index in [0.29, 0.717) is 24.7 Å². The maximum atomic E-state index is 12.9. The average molecular weight is 379 g/mol. The Bertz CT molecular complexity index is 805. The molecule has 0 fully saturated rings. The summed E-state index contributed by atoms with van der Waals surface area (Å²) >= 11 is 0. The topological polar surface area (TPSA) is 65.1 Å². The Morgan fingerprint density at radius 1 is 1.00 bits per heavy atom. The number of rotatable bonds is 9. The molecule has 2 aromatic carbocycles. The second-order valence-corrected chi connectivity index (χ2v) is 7.75. The molecule has 7 heteroatoms. The van der Waals surface area contributed by atoms with Crippen LogP contribution in [0.4, 0.5) is 0 Å². The monoisotopic (exact) mass is 379 g/mol. The maximum Gasteiger partial charge on any atom is 0.243 e. The first-order valence-electron chi connectivity index (χ1n) is 8.24. The van der Waals surface area contributed by atoms with Crippen LogP contribution in [0.3, 0.4) is 0 Å². The third-order valence-electron chi connectivity index (χ3n) is 4.19. The molecule has 0 bridgehead atoms. The van der Waals surface area contributed by atoms with Crippen molar-refractivity contribution in [2.45, 2.75) is 17.9 Å². The maximum absolute atomic E-state index is 12.9. The molecule has 6 nitrogen and oxygen atoms in total. The van der Waals surface area contributed by atoms with E-state index >= 15 is 0 Å². The number of methoxy groups -OCH3 is 2. The van der Waals surface area contributed by atoms with Crippen LogP contribution in [-0.4, -0.2) is 47.2 Å². The lowest BCUT2D eigenvalue weighted by molar-refractivity contribution is 0.146. The fourth-order valence-electron chi connectivity index (χ4n) is 2.53. The van der Waals surface area contributed by atoms with Crippen LogP contribution in [0.1, 0.15) is 18.5 Å². The van der Waals surface area contributed by atoms with Crippen molar-refractivity contribution in [1.82, 2.24) is 4.31 Å². The molecule has 0 aromatic heterocycles. The molecule has 0 heterocycles. The van der Waals surface area contributed by atoms with Crippen molar-refractivity contribution >= 4 is 10.0 Å². The molecule has 0 aliphatic heterocycles. The predicted octanol–water partition coefficient (Wildman–Crippen LogP) is 3.10. The summed E-state index contributed by atoms with van der Waals surface area (Å²) in [6.45, 7) is 2.71. The van der Waals surface area contributed by atoms with Crippen molar-refractivity contribution in [3.8, 4) is 11.5 Å². The van der Waals surface area contributed by atoms with Gasteiger partial charge in [-0.25, -0.2) is 8.42 Å². The van der Waals surface area contributed by atoms with Crippen molar-refractivity contribution in [1.29, 1.82) is 0 Å². The quantitative estimate of drug-likeness (QED) is 0.627. The Kier molecular flexibility index (Phi) is 7.02. The fraction of sp³-hybridized carbons (Fsp3) is 0.368. The third-order valence-corrected chi connectivity index (χ3v) is 6.13. The Morgan fingerprint density at radius 3 is 2.27 bits per heavy atom. The van der Waals surface area contributed by atoms with Gasteiger partial charge in [-0.3, -0.25) is 0 Å². The predicted molar refractivity (Wildman–Crippen MR) is 100 cm³/mol. The van der Waals surface area contributed by atoms with Crippen molar-refractivity contribution in [3.05, 3.63) is 54.1 Å². The van der Waals surface area contributed by atoms with E-state index in [0.717, 1.165) is 5.56 Å². The first-order valence-corrected chi connectivity index (χ1v) is 9.68. The van der Waals surface area contributed by atoms with Gasteiger partial charge in [-0.1, -0.05) is 18.2 Å². The molecule has 0 spiro atoms. The molecule has 0 saturated heterocycles. The molecule has 0 saturated carbocycles. The van der Waals surface area contributed by atoms with Crippen LogP contribution < -0.4 is 9.47 Å². The second-order valence-electron chi connectivity index (χ2n) is 5.75. The zero-order valence-electron chi connectivity index (χ0n) is 15.5. The van der Waals surface area contributed by atoms with Crippen molar-refractivity contribution in [2.75, 3.05) is 34.5 Å². The largest absolute Gasteiger partial charge is 0.496 e. The van der Waals surface area contributed by atoms with Gasteiger partial charge in [0, 0.05) is 19.7 Å². The van der Waals surface area contributed by atoms with Crippen LogP contribution in [0.25, 0.3) is 0 Å². The van der Waals surface area contributed by atoms with Crippen LogP contribution in [0.2, 0.25) is 0 Å². The second kappa shape index (κ2) is 9.02. The molecule has 1 atom stereocenters. The fourth-order valence-corrected chi connectivity index (χ4v) is 3.87. The molecular weight excluding hydrogens is 354 g/mol. The minimum atomic E-state index is -3.66. The summed E-state index contributed by atoms with van der Waals surface area (Å²) in [4.78, 5) is 0.209. The number of nitrogens with zero attached hydrogens (tertiary/aromatic N) is 1. The van der Waals surface area contributed by atoms with E-state index in [9.17, 15) is 8.42 Å². The highest BCUT2D eigenvalue weighted by atomic mass is 32.2. The normalized spacial score (nSPS) is 12.8. The van der Waals surface area contributed by atoms with Crippen LogP contribution >= 0.6 is 0 Å². The summed E-state index contributed by atoms with van der Waals surface area (Å²) in [7, 11) is 1.08. The highest BCUT2D eigenvalue weighted by Gasteiger charge is 2.27. The van der Waals surface area contributed by atoms with E-state index < -0.39 is 10.0 Å². The van der Waals surface area contributed by atoms with Crippen molar-refractivity contribution in [3.63, 3.8) is 0 Å². The molecule has 0 aliphatic rings. The first kappa shape index (κ1) is 20.2. The Labute approximate surface area is 155 Å². The number of ether oxygens (including phenoxy) is 3. The molecule has 0 radical (unpaired) electrons. The lowest BCUT2D eigenvalue weighted by Crippen LogP contribution is -2.30. The summed E-state index contributed by atoms with van der Waals surface area (Å²) in [5.74, 6) is 1.25. The van der Waals surface area contributed by atoms with Crippen LogP contribution in [-0.2, 0) is 14.8 Å². The van der Waals surface area contributed by atoms with E-state index in [4.69, 9.17) is 14.2 Å². The number of para-hydroxylation sites is 1. The highest BCUT2D eigenvalue weighted by Crippen LogP contribution is 2.31. The van der Waals surface area contributed by atoms with E-state index in [1.54, 1.807) is 45.5 Å². The zero-order chi connectivity index (χ0) is 19.2. The Morgan fingerprint density at radius 2 is 1.65 bits per heavy atom. The van der Waals surface area contributed by atoms with Gasteiger partial charge in [0.2, 0.25) is 10.0 Å². The SMILES string of the molecule is COCCOc1ccc(S(=O)(=O)N(C)C(C)c2ccccc2OC)cc1. The van der Waals surface area contributed by atoms with Gasteiger partial charge in [0.25, 0.3) is 0 Å². The van der Waals surface area contributed by atoms with E-state index in [1.807, 2.05) is 31.2 Å². The molecule has 142 valence electrons. The minimum absolute atomic E-state index is 0.209. The molecule has 2 aromatic rings. The van der Waals surface area contributed by atoms with Crippen molar-refractivity contribution in [2.24, 2.45) is 0 Å². The zero-order valence-corrected chi connectivity index (χ0v) is 16.3. The molecular formula is C19H25NO5S. The van der Waals surface area contributed by atoms with E-state index in [-0.39, 0.29) is 10.9 Å². The molecule has 0 amide bonds. The molecule has 0 N–H and O–H groups in total. The molecule has 26 heavy (non-hydrogen) atoms. The van der Waals surface area contributed by atoms with Crippen molar-refractivity contribution < 1.29 is 22.6 Å². The van der Waals surface area contributed by atoms with Gasteiger partial charge in [0.05, 0.1) is 24.7 Å². The lowest BCUT2D eigenvalue weighted by Gasteiger charge is -2.26. The van der Waals surface area contributed by atoms with E-state index in [1.165, 1.54) is 4.31 Å². The summed E-state index contributed by atoms with van der Waals surface area (Å²) in [6, 6.07) is 13.4. The summed E-state index contributed by atoms with van der Waals surface area (Å²) < 4.78 is 43.0. The lowest BCUT2D eigenvalue weighted by atomic mass is 10.1. The van der Waals surface area contributed by atoms with Gasteiger partial charge < -0.3 is 14.2 Å². The smallest absolute Gasteiger partial charge is 0.243 e. The van der Waals surface area contributed by atoms with Gasteiger partial charge in [0.1, 0.15) is 18.1 Å². The summed E-state index contributed by atoms with van der Waals surface area (Å²) in [5, 5.41) is 0. The van der Waals surface area contributed by atoms with Crippen LogP contribution in [0.15, 0.2) is 53.4 Å². The molecule has 1 unspecified atom stereocenters. The van der Waals surface area contributed by atoms with Crippen LogP contribution in [0.5, 0.6) is 11.5 Å². The number of benzene rings is 2. The number of sulfonamides is 1. The Balaban J connectivity index is 2.20. The third kappa shape index (κ3) is 4.55. The van der Waals surface area contributed by atoms with Gasteiger partial charge in [-0.05, 0) is 37.3 Å². The van der Waals surface area contributed by atoms with Gasteiger partial charge in [-0.2, -0.15) is 4.31 Å². The highest BCUT2D eigenvalue weighted by molar-refractivity contribution is 7.89. The number of hydrogen-bond donors (Lipinski definition) is 0. The van der Waals surface area contributed by atoms with Crippen LogP contribution in [0, 0.1) is 0 Å².